The van der Waals surface area contributed by atoms with Gasteiger partial charge in [-0.25, -0.2) is 9.67 Å². The smallest absolute Gasteiger partial charge is 0.275 e. The van der Waals surface area contributed by atoms with Gasteiger partial charge in [0, 0.05) is 24.5 Å². The van der Waals surface area contributed by atoms with E-state index in [0.29, 0.717) is 17.0 Å². The van der Waals surface area contributed by atoms with Crippen LogP contribution in [-0.4, -0.2) is 32.8 Å². The van der Waals surface area contributed by atoms with E-state index in [1.165, 1.54) is 10.7 Å². The minimum atomic E-state index is -0.450. The number of benzene rings is 1. The van der Waals surface area contributed by atoms with Gasteiger partial charge in [0.25, 0.3) is 11.1 Å². The number of fused-ring (bicyclic) bond motifs is 1. The maximum Gasteiger partial charge on any atom is 0.275 e. The van der Waals surface area contributed by atoms with E-state index in [1.54, 1.807) is 12.3 Å². The zero-order chi connectivity index (χ0) is 18.0. The maximum atomic E-state index is 12.7. The Bertz CT molecular complexity index is 1000. The van der Waals surface area contributed by atoms with Crippen molar-refractivity contribution in [1.29, 1.82) is 0 Å². The Morgan fingerprint density at radius 1 is 1.20 bits per heavy atom. The number of hydrogen-bond donors (Lipinski definition) is 1. The van der Waals surface area contributed by atoms with Crippen LogP contribution in [0.4, 0.5) is 5.95 Å². The number of anilines is 1. The number of nitrogens with one attached hydrogen (secondary N) is 1. The topological polar surface area (TPSA) is 83.9 Å². The molecule has 0 saturated heterocycles. The third kappa shape index (κ3) is 3.17. The van der Waals surface area contributed by atoms with Gasteiger partial charge in [-0.1, -0.05) is 18.2 Å². The molecule has 0 aliphatic carbocycles. The molecule has 0 saturated carbocycles. The van der Waals surface area contributed by atoms with Crippen molar-refractivity contribution in [3.8, 4) is 0 Å². The summed E-state index contributed by atoms with van der Waals surface area (Å²) in [4.78, 5) is 34.0. The van der Waals surface area contributed by atoms with Crippen molar-refractivity contribution in [1.82, 2.24) is 19.7 Å². The highest BCUT2D eigenvalue weighted by atomic mass is 16.1. The molecule has 130 valence electrons. The summed E-state index contributed by atoms with van der Waals surface area (Å²) in [6, 6.07) is 8.28. The number of aromatic amines is 1. The van der Waals surface area contributed by atoms with E-state index in [1.807, 2.05) is 43.9 Å². The molecule has 2 aromatic heterocycles. The molecule has 0 bridgehead atoms. The van der Waals surface area contributed by atoms with Crippen molar-refractivity contribution < 1.29 is 0 Å². The summed E-state index contributed by atoms with van der Waals surface area (Å²) in [5.41, 5.74) is 0.0696. The van der Waals surface area contributed by atoms with E-state index in [0.717, 1.165) is 18.5 Å². The molecule has 1 aromatic carbocycles. The summed E-state index contributed by atoms with van der Waals surface area (Å²) in [5, 5.41) is 5.65. The van der Waals surface area contributed by atoms with Crippen molar-refractivity contribution in [3.05, 3.63) is 62.9 Å². The Morgan fingerprint density at radius 2 is 1.92 bits per heavy atom. The lowest BCUT2D eigenvalue weighted by molar-refractivity contribution is 0.523. The van der Waals surface area contributed by atoms with Crippen LogP contribution in [0.3, 0.4) is 0 Å². The molecule has 0 amide bonds. The second-order valence-corrected chi connectivity index (χ2v) is 5.82. The molecule has 0 aliphatic rings. The monoisotopic (exact) mass is 339 g/mol. The van der Waals surface area contributed by atoms with Gasteiger partial charge in [0.05, 0.1) is 23.3 Å². The molecule has 0 aliphatic heterocycles. The predicted molar refractivity (Wildman–Crippen MR) is 98.2 cm³/mol. The van der Waals surface area contributed by atoms with Gasteiger partial charge in [0.15, 0.2) is 0 Å². The van der Waals surface area contributed by atoms with Gasteiger partial charge in [-0.15, -0.1) is 0 Å². The molecule has 2 heterocycles. The standard InChI is InChI=1S/C18H21N5O2/c1-4-22(5-2)18-20-15(10-16(24)21-18)12(3)23-17(25)14-9-7-6-8-13(14)11-19-23/h6-12H,4-5H2,1-3H3,(H,20,21,24)/t12-/m1/s1. The summed E-state index contributed by atoms with van der Waals surface area (Å²) in [5.74, 6) is 0.508. The Morgan fingerprint density at radius 3 is 2.64 bits per heavy atom. The average Bonchev–Trinajstić information content (AvgIpc) is 2.62. The van der Waals surface area contributed by atoms with Crippen LogP contribution < -0.4 is 16.0 Å². The first kappa shape index (κ1) is 16.9. The molecule has 0 unspecified atom stereocenters. The molecule has 0 fully saturated rings. The van der Waals surface area contributed by atoms with Crippen LogP contribution in [0.2, 0.25) is 0 Å². The van der Waals surface area contributed by atoms with Crippen LogP contribution in [0, 0.1) is 0 Å². The zero-order valence-corrected chi connectivity index (χ0v) is 14.6. The molecule has 25 heavy (non-hydrogen) atoms. The van der Waals surface area contributed by atoms with Crippen LogP contribution in [0.1, 0.15) is 32.5 Å². The van der Waals surface area contributed by atoms with Crippen LogP contribution >= 0.6 is 0 Å². The summed E-state index contributed by atoms with van der Waals surface area (Å²) >= 11 is 0. The maximum absolute atomic E-state index is 12.7. The van der Waals surface area contributed by atoms with Gasteiger partial charge < -0.3 is 4.90 Å². The van der Waals surface area contributed by atoms with Crippen molar-refractivity contribution in [3.63, 3.8) is 0 Å². The second-order valence-electron chi connectivity index (χ2n) is 5.82. The molecule has 3 rings (SSSR count). The van der Waals surface area contributed by atoms with E-state index in [9.17, 15) is 9.59 Å². The fraction of sp³-hybridized carbons (Fsp3) is 0.333. The van der Waals surface area contributed by atoms with Crippen LogP contribution in [-0.2, 0) is 0 Å². The highest BCUT2D eigenvalue weighted by Gasteiger charge is 2.17. The summed E-state index contributed by atoms with van der Waals surface area (Å²) in [7, 11) is 0. The van der Waals surface area contributed by atoms with Crippen molar-refractivity contribution in [2.75, 3.05) is 18.0 Å². The molecule has 3 aromatic rings. The molecule has 7 heteroatoms. The number of rotatable bonds is 5. The van der Waals surface area contributed by atoms with Crippen LogP contribution in [0.15, 0.2) is 46.1 Å². The summed E-state index contributed by atoms with van der Waals surface area (Å²) in [6.07, 6.45) is 1.66. The Labute approximate surface area is 144 Å². The molecule has 1 N–H and O–H groups in total. The lowest BCUT2D eigenvalue weighted by Gasteiger charge is -2.21. The highest BCUT2D eigenvalue weighted by molar-refractivity contribution is 5.80. The van der Waals surface area contributed by atoms with Gasteiger partial charge >= 0.3 is 0 Å². The fourth-order valence-electron chi connectivity index (χ4n) is 2.86. The van der Waals surface area contributed by atoms with Gasteiger partial charge in [-0.3, -0.25) is 14.6 Å². The molecular weight excluding hydrogens is 318 g/mol. The molecule has 0 radical (unpaired) electrons. The van der Waals surface area contributed by atoms with Gasteiger partial charge in [-0.2, -0.15) is 5.10 Å². The third-order valence-electron chi connectivity index (χ3n) is 4.33. The molecular formula is C18H21N5O2. The number of nitrogens with zero attached hydrogens (tertiary/aromatic N) is 4. The van der Waals surface area contributed by atoms with E-state index in [2.05, 4.69) is 15.1 Å². The Hall–Kier alpha value is -2.96. The quantitative estimate of drug-likeness (QED) is 0.768. The minimum absolute atomic E-state index is 0.197. The number of aromatic nitrogens is 4. The molecule has 0 spiro atoms. The number of H-pyrrole nitrogens is 1. The van der Waals surface area contributed by atoms with Crippen molar-refractivity contribution in [2.24, 2.45) is 0 Å². The van der Waals surface area contributed by atoms with Crippen LogP contribution in [0.25, 0.3) is 10.8 Å². The average molecular weight is 339 g/mol. The summed E-state index contributed by atoms with van der Waals surface area (Å²) in [6.45, 7) is 7.26. The largest absolute Gasteiger partial charge is 0.343 e. The highest BCUT2D eigenvalue weighted by Crippen LogP contribution is 2.15. The first-order valence-electron chi connectivity index (χ1n) is 8.38. The fourth-order valence-corrected chi connectivity index (χ4v) is 2.86. The Kier molecular flexibility index (Phi) is 4.65. The SMILES string of the molecule is CCN(CC)c1nc([C@@H](C)n2ncc3ccccc3c2=O)cc(=O)[nH]1. The van der Waals surface area contributed by atoms with E-state index < -0.39 is 6.04 Å². The first-order chi connectivity index (χ1) is 12.0. The van der Waals surface area contributed by atoms with E-state index in [4.69, 9.17) is 0 Å². The molecule has 7 nitrogen and oxygen atoms in total. The third-order valence-corrected chi connectivity index (χ3v) is 4.33. The lowest BCUT2D eigenvalue weighted by Crippen LogP contribution is -2.30. The first-order valence-corrected chi connectivity index (χ1v) is 8.38. The zero-order valence-electron chi connectivity index (χ0n) is 14.6. The minimum Gasteiger partial charge on any atom is -0.343 e. The van der Waals surface area contributed by atoms with Crippen LogP contribution in [0.5, 0.6) is 0 Å². The number of hydrogen-bond acceptors (Lipinski definition) is 5. The van der Waals surface area contributed by atoms with E-state index >= 15 is 0 Å². The summed E-state index contributed by atoms with van der Waals surface area (Å²) < 4.78 is 1.37. The molecule has 1 atom stereocenters. The lowest BCUT2D eigenvalue weighted by atomic mass is 10.2. The van der Waals surface area contributed by atoms with Gasteiger partial charge in [-0.05, 0) is 26.8 Å². The van der Waals surface area contributed by atoms with Crippen molar-refractivity contribution >= 4 is 16.7 Å². The second kappa shape index (κ2) is 6.88. The van der Waals surface area contributed by atoms with Gasteiger partial charge in [0.1, 0.15) is 0 Å². The van der Waals surface area contributed by atoms with E-state index in [-0.39, 0.29) is 11.1 Å². The predicted octanol–water partition coefficient (Wildman–Crippen LogP) is 1.94. The van der Waals surface area contributed by atoms with Gasteiger partial charge in [0.2, 0.25) is 5.95 Å². The van der Waals surface area contributed by atoms with Crippen molar-refractivity contribution in [2.45, 2.75) is 26.8 Å². The normalized spacial score (nSPS) is 12.3. The Balaban J connectivity index is 2.10.